The lowest BCUT2D eigenvalue weighted by molar-refractivity contribution is 0.657. The van der Waals surface area contributed by atoms with Gasteiger partial charge in [-0.2, -0.15) is 0 Å². The number of para-hydroxylation sites is 4. The van der Waals surface area contributed by atoms with Gasteiger partial charge in [-0.05, 0) is 59.7 Å². The van der Waals surface area contributed by atoms with Gasteiger partial charge >= 0.3 is 0 Å². The lowest BCUT2D eigenvalue weighted by Crippen LogP contribution is -2.18. The maximum absolute atomic E-state index is 5.27. The fourth-order valence-electron chi connectivity index (χ4n) is 13.0. The zero-order chi connectivity index (χ0) is 53.7. The predicted octanol–water partition coefficient (Wildman–Crippen LogP) is 18.4. The summed E-state index contributed by atoms with van der Waals surface area (Å²) in [5.74, 6) is 1.51. The van der Waals surface area contributed by atoms with Crippen molar-refractivity contribution in [1.82, 2.24) is 29.1 Å². The van der Waals surface area contributed by atoms with Crippen LogP contribution in [-0.4, -0.2) is 29.1 Å². The molecule has 380 valence electrons. The normalized spacial score (nSPS) is 13.4. The van der Waals surface area contributed by atoms with Crippen molar-refractivity contribution in [1.29, 1.82) is 0 Å². The minimum Gasteiger partial charge on any atom is -0.309 e. The second-order valence-corrected chi connectivity index (χ2v) is 22.2. The Hall–Kier alpha value is -10.0. The molecule has 0 saturated heterocycles. The third-order valence-corrected chi connectivity index (χ3v) is 16.8. The number of aromatic nitrogens is 6. The van der Waals surface area contributed by atoms with Crippen LogP contribution in [0.15, 0.2) is 255 Å². The molecule has 4 heterocycles. The van der Waals surface area contributed by atoms with E-state index in [-0.39, 0.29) is 10.8 Å². The molecule has 80 heavy (non-hydrogen) atoms. The maximum Gasteiger partial charge on any atom is 0.160 e. The van der Waals surface area contributed by atoms with E-state index < -0.39 is 0 Å². The van der Waals surface area contributed by atoms with E-state index in [4.69, 9.17) is 19.9 Å². The van der Waals surface area contributed by atoms with Gasteiger partial charge in [0.05, 0.1) is 44.8 Å². The van der Waals surface area contributed by atoms with Crippen LogP contribution >= 0.6 is 0 Å². The third-order valence-electron chi connectivity index (χ3n) is 16.8. The smallest absolute Gasteiger partial charge is 0.160 e. The topological polar surface area (TPSA) is 61.4 Å². The Kier molecular flexibility index (Phi) is 10.8. The molecule has 0 N–H and O–H groups in total. The van der Waals surface area contributed by atoms with E-state index in [0.29, 0.717) is 0 Å². The van der Waals surface area contributed by atoms with Crippen LogP contribution in [0.4, 0.5) is 0 Å². The number of hydrogen-bond donors (Lipinski definition) is 0. The van der Waals surface area contributed by atoms with Gasteiger partial charge in [0, 0.05) is 88.3 Å². The van der Waals surface area contributed by atoms with Crippen LogP contribution in [0.1, 0.15) is 49.9 Å². The first-order valence-electron chi connectivity index (χ1n) is 27.6. The summed E-state index contributed by atoms with van der Waals surface area (Å²) in [4.78, 5) is 20.9. The number of rotatable bonds is 6. The van der Waals surface area contributed by atoms with Gasteiger partial charge in [0.2, 0.25) is 0 Å². The molecule has 10 aromatic carbocycles. The van der Waals surface area contributed by atoms with Crippen molar-refractivity contribution in [3.05, 3.63) is 277 Å². The molecule has 6 nitrogen and oxygen atoms in total. The van der Waals surface area contributed by atoms with Gasteiger partial charge in [-0.15, -0.1) is 0 Å². The molecule has 16 rings (SSSR count). The predicted molar refractivity (Wildman–Crippen MR) is 330 cm³/mol. The van der Waals surface area contributed by atoms with E-state index in [0.717, 1.165) is 68.1 Å². The van der Waals surface area contributed by atoms with Gasteiger partial charge in [-0.1, -0.05) is 234 Å². The highest BCUT2D eigenvalue weighted by Gasteiger charge is 2.42. The highest BCUT2D eigenvalue weighted by atomic mass is 15.0. The second-order valence-electron chi connectivity index (χ2n) is 22.2. The summed E-state index contributed by atoms with van der Waals surface area (Å²) in [5, 5.41) is 5.07. The molecule has 2 aliphatic carbocycles. The largest absolute Gasteiger partial charge is 0.309 e. The van der Waals surface area contributed by atoms with Crippen LogP contribution < -0.4 is 0 Å². The van der Waals surface area contributed by atoms with Crippen molar-refractivity contribution in [2.24, 2.45) is 0 Å². The second kappa shape index (κ2) is 18.3. The Morgan fingerprint density at radius 2 is 0.600 bits per heavy atom. The van der Waals surface area contributed by atoms with E-state index in [1.165, 1.54) is 77.0 Å². The Bertz CT molecular complexity index is 4640. The molecule has 6 heteroatoms. The average Bonchev–Trinajstić information content (AvgIpc) is 4.29. The molecule has 0 bridgehead atoms. The summed E-state index contributed by atoms with van der Waals surface area (Å²) in [5.41, 5.74) is 22.2. The zero-order valence-electron chi connectivity index (χ0n) is 44.9. The van der Waals surface area contributed by atoms with E-state index in [9.17, 15) is 0 Å². The van der Waals surface area contributed by atoms with Crippen LogP contribution in [0, 0.1) is 0 Å². The van der Waals surface area contributed by atoms with Crippen molar-refractivity contribution >= 4 is 43.6 Å². The Morgan fingerprint density at radius 1 is 0.275 bits per heavy atom. The van der Waals surface area contributed by atoms with Gasteiger partial charge < -0.3 is 9.13 Å². The molecule has 0 radical (unpaired) electrons. The molecule has 0 unspecified atom stereocenters. The maximum atomic E-state index is 5.27. The number of benzene rings is 10. The minimum atomic E-state index is -0.278. The van der Waals surface area contributed by atoms with Crippen LogP contribution in [0.5, 0.6) is 0 Å². The molecule has 0 aliphatic heterocycles. The summed E-state index contributed by atoms with van der Waals surface area (Å²) in [6.45, 7) is 9.22. The van der Waals surface area contributed by atoms with Crippen LogP contribution in [0.25, 0.3) is 123 Å². The van der Waals surface area contributed by atoms with E-state index >= 15 is 0 Å². The Morgan fingerprint density at radius 3 is 1.02 bits per heavy atom. The van der Waals surface area contributed by atoms with Gasteiger partial charge in [-0.3, -0.25) is 0 Å². The summed E-state index contributed by atoms with van der Waals surface area (Å²) in [6, 6.07) is 90.1. The molecule has 2 aliphatic rings. The molecule has 0 saturated carbocycles. The third kappa shape index (κ3) is 7.32. The SMILES string of the molecule is CC1(C)c2cc(-n3c4ccccc4c4ccccc43)ccc2-c2nc(-c3ccccc3)nc(-c3ccccc3)c21.CC1(C)c2ccc(-n3c4ccccc4c4ccccc43)cc2-c2nc(-c3ccccc3)nc(-c3ccccc3)c21. The Balaban J connectivity index is 0.000000138. The average molecular weight is 1030 g/mol. The molecular formula is C74H54N6. The van der Waals surface area contributed by atoms with Gasteiger partial charge in [0.25, 0.3) is 0 Å². The van der Waals surface area contributed by atoms with E-state index in [2.05, 4.69) is 255 Å². The molecule has 0 spiro atoms. The van der Waals surface area contributed by atoms with E-state index in [1.807, 2.05) is 36.4 Å². The van der Waals surface area contributed by atoms with Crippen LogP contribution in [0.2, 0.25) is 0 Å². The monoisotopic (exact) mass is 1030 g/mol. The minimum absolute atomic E-state index is 0.246. The number of hydrogen-bond acceptors (Lipinski definition) is 4. The molecule has 4 aromatic heterocycles. The highest BCUT2D eigenvalue weighted by molar-refractivity contribution is 6.10. The summed E-state index contributed by atoms with van der Waals surface area (Å²) >= 11 is 0. The molecule has 0 atom stereocenters. The molecular weight excluding hydrogens is 973 g/mol. The van der Waals surface area contributed by atoms with Gasteiger partial charge in [-0.25, -0.2) is 19.9 Å². The lowest BCUT2D eigenvalue weighted by Gasteiger charge is -2.24. The van der Waals surface area contributed by atoms with Crippen molar-refractivity contribution in [3.63, 3.8) is 0 Å². The van der Waals surface area contributed by atoms with Gasteiger partial charge in [0.15, 0.2) is 11.6 Å². The highest BCUT2D eigenvalue weighted by Crippen LogP contribution is 2.54. The first-order chi connectivity index (χ1) is 39.2. The first kappa shape index (κ1) is 47.2. The van der Waals surface area contributed by atoms with Crippen molar-refractivity contribution < 1.29 is 0 Å². The summed E-state index contributed by atoms with van der Waals surface area (Å²) in [7, 11) is 0. The number of fused-ring (bicyclic) bond motifs is 12. The molecule has 0 fully saturated rings. The Labute approximate surface area is 465 Å². The fraction of sp³-hybridized carbons (Fsp3) is 0.0811. The van der Waals surface area contributed by atoms with Crippen molar-refractivity contribution in [2.75, 3.05) is 0 Å². The standard InChI is InChI=1S/2C37H27N3/c1-37(2)30-22-21-26(40-31-19-11-9-17-27(31)28-18-10-12-20-32(28)40)23-29(30)35-33(37)34(24-13-5-3-6-14-24)38-36(39-35)25-15-7-4-8-16-25;1-37(2)30-23-26(40-31-19-11-9-17-27(31)28-18-10-12-20-32(28)40)21-22-29(30)35-33(37)34(24-13-5-3-6-14-24)38-36(39-35)25-15-7-4-8-16-25/h2*3-23H,1-2H3. The molecule has 14 aromatic rings. The van der Waals surface area contributed by atoms with Gasteiger partial charge in [0.1, 0.15) is 0 Å². The lowest BCUT2D eigenvalue weighted by atomic mass is 9.80. The zero-order valence-corrected chi connectivity index (χ0v) is 44.9. The van der Waals surface area contributed by atoms with Crippen molar-refractivity contribution in [2.45, 2.75) is 38.5 Å². The summed E-state index contributed by atoms with van der Waals surface area (Å²) < 4.78 is 4.77. The van der Waals surface area contributed by atoms with Crippen molar-refractivity contribution in [3.8, 4) is 79.2 Å². The van der Waals surface area contributed by atoms with Crippen LogP contribution in [0.3, 0.4) is 0 Å². The first-order valence-corrected chi connectivity index (χ1v) is 27.6. The van der Waals surface area contributed by atoms with Crippen LogP contribution in [-0.2, 0) is 10.8 Å². The molecule has 0 amide bonds. The summed E-state index contributed by atoms with van der Waals surface area (Å²) in [6.07, 6.45) is 0. The quantitative estimate of drug-likeness (QED) is 0.166. The fourth-order valence-corrected chi connectivity index (χ4v) is 13.0. The number of nitrogens with zero attached hydrogens (tertiary/aromatic N) is 6. The van der Waals surface area contributed by atoms with E-state index in [1.54, 1.807) is 0 Å².